The Morgan fingerprint density at radius 1 is 0.913 bits per heavy atom. The fourth-order valence-corrected chi connectivity index (χ4v) is 5.47. The first-order valence-electron chi connectivity index (χ1n) is 10.7. The van der Waals surface area contributed by atoms with Crippen LogP contribution in [-0.4, -0.2) is 6.29 Å². The van der Waals surface area contributed by atoms with Gasteiger partial charge < -0.3 is 4.79 Å². The molecule has 2 aliphatic rings. The summed E-state index contributed by atoms with van der Waals surface area (Å²) >= 11 is 0. The Morgan fingerprint density at radius 2 is 1.43 bits per heavy atom. The van der Waals surface area contributed by atoms with Crippen molar-refractivity contribution in [2.24, 2.45) is 23.2 Å². The van der Waals surface area contributed by atoms with Crippen LogP contribution < -0.4 is 0 Å². The van der Waals surface area contributed by atoms with Crippen LogP contribution in [0.4, 0.5) is 0 Å². The Bertz CT molecular complexity index is 305. The molecule has 134 valence electrons. The van der Waals surface area contributed by atoms with Gasteiger partial charge in [0.1, 0.15) is 6.29 Å². The summed E-state index contributed by atoms with van der Waals surface area (Å²) in [6.45, 7) is 4.69. The van der Waals surface area contributed by atoms with E-state index < -0.39 is 0 Å². The lowest BCUT2D eigenvalue weighted by Gasteiger charge is -2.46. The normalized spacial score (nSPS) is 22.9. The zero-order chi connectivity index (χ0) is 16.5. The Kier molecular flexibility index (Phi) is 8.13. The van der Waals surface area contributed by atoms with Gasteiger partial charge in [-0.1, -0.05) is 71.6 Å². The lowest BCUT2D eigenvalue weighted by Crippen LogP contribution is -2.42. The quantitative estimate of drug-likeness (QED) is 0.420. The Labute approximate surface area is 145 Å². The van der Waals surface area contributed by atoms with Gasteiger partial charge in [-0.15, -0.1) is 0 Å². The van der Waals surface area contributed by atoms with Gasteiger partial charge >= 0.3 is 0 Å². The number of carbonyl (C=O) groups is 1. The molecular formula is C22H40O. The van der Waals surface area contributed by atoms with E-state index in [0.717, 1.165) is 5.92 Å². The maximum atomic E-state index is 12.5. The second-order valence-corrected chi connectivity index (χ2v) is 8.69. The lowest BCUT2D eigenvalue weighted by atomic mass is 9.57. The van der Waals surface area contributed by atoms with Gasteiger partial charge in [0.2, 0.25) is 0 Å². The predicted molar refractivity (Wildman–Crippen MR) is 99.6 cm³/mol. The summed E-state index contributed by atoms with van der Waals surface area (Å²) < 4.78 is 0. The van der Waals surface area contributed by atoms with Gasteiger partial charge in [-0.2, -0.15) is 0 Å². The third-order valence-electron chi connectivity index (χ3n) is 7.07. The van der Waals surface area contributed by atoms with Crippen LogP contribution in [0.5, 0.6) is 0 Å². The second-order valence-electron chi connectivity index (χ2n) is 8.69. The highest BCUT2D eigenvalue weighted by atomic mass is 16.1. The molecule has 23 heavy (non-hydrogen) atoms. The summed E-state index contributed by atoms with van der Waals surface area (Å²) in [4.78, 5) is 12.5. The van der Waals surface area contributed by atoms with E-state index in [4.69, 9.17) is 0 Å². The maximum absolute atomic E-state index is 12.5. The minimum absolute atomic E-state index is 0.0291. The first-order chi connectivity index (χ1) is 11.2. The van der Waals surface area contributed by atoms with E-state index >= 15 is 0 Å². The molecule has 0 spiro atoms. The second kappa shape index (κ2) is 9.84. The smallest absolute Gasteiger partial charge is 0.126 e. The zero-order valence-corrected chi connectivity index (χ0v) is 15.8. The average molecular weight is 321 g/mol. The molecule has 0 radical (unpaired) electrons. The number of aldehydes is 1. The SMILES string of the molecule is CCCCC(C)CCC(C=O)(C1CCCCC1)C1CCCCC1. The molecule has 0 aromatic carbocycles. The van der Waals surface area contributed by atoms with Crippen LogP contribution >= 0.6 is 0 Å². The first kappa shape index (κ1) is 19.0. The van der Waals surface area contributed by atoms with Crippen LogP contribution in [0.25, 0.3) is 0 Å². The van der Waals surface area contributed by atoms with E-state index in [1.165, 1.54) is 103 Å². The monoisotopic (exact) mass is 320 g/mol. The predicted octanol–water partition coefficient (Wildman–Crippen LogP) is 6.94. The third-order valence-corrected chi connectivity index (χ3v) is 7.07. The third kappa shape index (κ3) is 5.07. The molecule has 0 aromatic rings. The van der Waals surface area contributed by atoms with Gasteiger partial charge in [-0.3, -0.25) is 0 Å². The van der Waals surface area contributed by atoms with E-state index in [2.05, 4.69) is 13.8 Å². The Morgan fingerprint density at radius 3 is 1.87 bits per heavy atom. The van der Waals surface area contributed by atoms with Crippen LogP contribution in [0, 0.1) is 23.2 Å². The van der Waals surface area contributed by atoms with Crippen LogP contribution in [-0.2, 0) is 4.79 Å². The average Bonchev–Trinajstić information content (AvgIpc) is 2.62. The molecule has 2 aliphatic carbocycles. The number of carbonyl (C=O) groups excluding carboxylic acids is 1. The van der Waals surface area contributed by atoms with Gasteiger partial charge in [-0.25, -0.2) is 0 Å². The molecule has 2 fully saturated rings. The molecule has 2 saturated carbocycles. The van der Waals surface area contributed by atoms with Crippen molar-refractivity contribution in [1.82, 2.24) is 0 Å². The van der Waals surface area contributed by atoms with E-state index in [1.54, 1.807) is 0 Å². The molecule has 1 nitrogen and oxygen atoms in total. The highest BCUT2D eigenvalue weighted by Gasteiger charge is 2.45. The van der Waals surface area contributed by atoms with Gasteiger partial charge in [0.05, 0.1) is 0 Å². The minimum atomic E-state index is 0.0291. The van der Waals surface area contributed by atoms with Gasteiger partial charge in [0, 0.05) is 5.41 Å². The first-order valence-corrected chi connectivity index (χ1v) is 10.7. The van der Waals surface area contributed by atoms with E-state index in [-0.39, 0.29) is 5.41 Å². The maximum Gasteiger partial charge on any atom is 0.126 e. The van der Waals surface area contributed by atoms with E-state index in [0.29, 0.717) is 11.8 Å². The zero-order valence-electron chi connectivity index (χ0n) is 15.8. The van der Waals surface area contributed by atoms with Crippen LogP contribution in [0.1, 0.15) is 110 Å². The van der Waals surface area contributed by atoms with Crippen molar-refractivity contribution in [3.05, 3.63) is 0 Å². The lowest BCUT2D eigenvalue weighted by molar-refractivity contribution is -0.126. The molecule has 0 heterocycles. The Balaban J connectivity index is 2.06. The fourth-order valence-electron chi connectivity index (χ4n) is 5.47. The van der Waals surface area contributed by atoms with Crippen molar-refractivity contribution in [2.45, 2.75) is 110 Å². The topological polar surface area (TPSA) is 17.1 Å². The molecule has 0 saturated heterocycles. The van der Waals surface area contributed by atoms with Crippen molar-refractivity contribution >= 4 is 6.29 Å². The van der Waals surface area contributed by atoms with Crippen LogP contribution in [0.15, 0.2) is 0 Å². The van der Waals surface area contributed by atoms with Crippen LogP contribution in [0.3, 0.4) is 0 Å². The largest absolute Gasteiger partial charge is 0.303 e. The Hall–Kier alpha value is -0.330. The van der Waals surface area contributed by atoms with E-state index in [9.17, 15) is 4.79 Å². The fraction of sp³-hybridized carbons (Fsp3) is 0.955. The minimum Gasteiger partial charge on any atom is -0.303 e. The molecule has 0 N–H and O–H groups in total. The summed E-state index contributed by atoms with van der Waals surface area (Å²) in [5, 5.41) is 0. The van der Waals surface area contributed by atoms with Gasteiger partial charge in [0.15, 0.2) is 0 Å². The van der Waals surface area contributed by atoms with Gasteiger partial charge in [-0.05, 0) is 56.3 Å². The van der Waals surface area contributed by atoms with Crippen molar-refractivity contribution in [2.75, 3.05) is 0 Å². The number of hydrogen-bond donors (Lipinski definition) is 0. The number of unbranched alkanes of at least 4 members (excludes halogenated alkanes) is 1. The van der Waals surface area contributed by atoms with Gasteiger partial charge in [0.25, 0.3) is 0 Å². The summed E-state index contributed by atoms with van der Waals surface area (Å²) in [7, 11) is 0. The number of hydrogen-bond acceptors (Lipinski definition) is 1. The molecule has 0 aromatic heterocycles. The summed E-state index contributed by atoms with van der Waals surface area (Å²) in [5.41, 5.74) is 0.0291. The molecule has 0 aliphatic heterocycles. The molecule has 1 unspecified atom stereocenters. The van der Waals surface area contributed by atoms with Crippen molar-refractivity contribution in [3.63, 3.8) is 0 Å². The van der Waals surface area contributed by atoms with E-state index in [1.807, 2.05) is 0 Å². The molecule has 0 bridgehead atoms. The molecular weight excluding hydrogens is 280 g/mol. The van der Waals surface area contributed by atoms with Crippen molar-refractivity contribution < 1.29 is 4.79 Å². The summed E-state index contributed by atoms with van der Waals surface area (Å²) in [6, 6.07) is 0. The highest BCUT2D eigenvalue weighted by Crippen LogP contribution is 2.50. The summed E-state index contributed by atoms with van der Waals surface area (Å²) in [6.07, 6.45) is 21.4. The molecule has 0 amide bonds. The summed E-state index contributed by atoms with van der Waals surface area (Å²) in [5.74, 6) is 2.17. The molecule has 2 rings (SSSR count). The molecule has 1 atom stereocenters. The van der Waals surface area contributed by atoms with Crippen molar-refractivity contribution in [1.29, 1.82) is 0 Å². The highest BCUT2D eigenvalue weighted by molar-refractivity contribution is 5.61. The molecule has 1 heteroatoms. The van der Waals surface area contributed by atoms with Crippen molar-refractivity contribution in [3.8, 4) is 0 Å². The van der Waals surface area contributed by atoms with Crippen LogP contribution in [0.2, 0.25) is 0 Å². The number of rotatable bonds is 9. The standard InChI is InChI=1S/C22H40O/c1-3-4-11-19(2)16-17-22(18-23,20-12-7-5-8-13-20)21-14-9-6-10-15-21/h18-21H,3-17H2,1-2H3.